The van der Waals surface area contributed by atoms with Crippen LogP contribution in [0.1, 0.15) is 5.56 Å². The van der Waals surface area contributed by atoms with Gasteiger partial charge in [-0.15, -0.1) is 0 Å². The van der Waals surface area contributed by atoms with Crippen molar-refractivity contribution in [2.75, 3.05) is 6.54 Å². The SMILES string of the molecule is O=c1cc(-c2ccc(F)cc2)ncn1CCNS(=O)(=O)/C=C/c1ccccc1. The van der Waals surface area contributed by atoms with Crippen LogP contribution in [0.3, 0.4) is 0 Å². The van der Waals surface area contributed by atoms with Gasteiger partial charge in [-0.1, -0.05) is 30.3 Å². The molecule has 1 heterocycles. The first-order valence-corrected chi connectivity index (χ1v) is 10.0. The van der Waals surface area contributed by atoms with Gasteiger partial charge in [-0.3, -0.25) is 9.36 Å². The van der Waals surface area contributed by atoms with E-state index in [0.717, 1.165) is 11.0 Å². The average Bonchev–Trinajstić information content (AvgIpc) is 2.69. The summed E-state index contributed by atoms with van der Waals surface area (Å²) in [7, 11) is -3.62. The topological polar surface area (TPSA) is 81.1 Å². The van der Waals surface area contributed by atoms with Gasteiger partial charge in [-0.2, -0.15) is 0 Å². The summed E-state index contributed by atoms with van der Waals surface area (Å²) >= 11 is 0. The van der Waals surface area contributed by atoms with Gasteiger partial charge in [-0.05, 0) is 35.9 Å². The molecular weight excluding hydrogens is 381 g/mol. The second-order valence-corrected chi connectivity index (χ2v) is 7.62. The van der Waals surface area contributed by atoms with Crippen LogP contribution in [0.25, 0.3) is 17.3 Å². The number of nitrogens with zero attached hydrogens (tertiary/aromatic N) is 2. The molecule has 0 aliphatic heterocycles. The highest BCUT2D eigenvalue weighted by atomic mass is 32.2. The van der Waals surface area contributed by atoms with E-state index in [2.05, 4.69) is 9.71 Å². The summed E-state index contributed by atoms with van der Waals surface area (Å²) in [5, 5.41) is 1.08. The highest BCUT2D eigenvalue weighted by molar-refractivity contribution is 7.92. The van der Waals surface area contributed by atoms with Crippen LogP contribution in [0.2, 0.25) is 0 Å². The van der Waals surface area contributed by atoms with Gasteiger partial charge in [0.05, 0.1) is 12.0 Å². The van der Waals surface area contributed by atoms with Gasteiger partial charge < -0.3 is 0 Å². The van der Waals surface area contributed by atoms with Gasteiger partial charge in [0, 0.05) is 30.1 Å². The predicted octanol–water partition coefficient (Wildman–Crippen LogP) is 2.64. The number of hydrogen-bond acceptors (Lipinski definition) is 4. The quantitative estimate of drug-likeness (QED) is 0.662. The highest BCUT2D eigenvalue weighted by Gasteiger charge is 2.07. The van der Waals surface area contributed by atoms with E-state index in [-0.39, 0.29) is 24.5 Å². The van der Waals surface area contributed by atoms with E-state index in [1.165, 1.54) is 47.3 Å². The predicted molar refractivity (Wildman–Crippen MR) is 106 cm³/mol. The molecule has 0 saturated carbocycles. The van der Waals surface area contributed by atoms with Crippen molar-refractivity contribution in [1.29, 1.82) is 0 Å². The molecular formula is C20H18FN3O3S. The van der Waals surface area contributed by atoms with E-state index < -0.39 is 10.0 Å². The highest BCUT2D eigenvalue weighted by Crippen LogP contribution is 2.14. The van der Waals surface area contributed by atoms with Crippen molar-refractivity contribution < 1.29 is 12.8 Å². The third kappa shape index (κ3) is 5.45. The Hall–Kier alpha value is -3.10. The molecule has 0 unspecified atom stereocenters. The largest absolute Gasteiger partial charge is 0.298 e. The molecule has 0 aliphatic rings. The molecule has 28 heavy (non-hydrogen) atoms. The van der Waals surface area contributed by atoms with E-state index in [0.29, 0.717) is 11.3 Å². The normalized spacial score (nSPS) is 11.8. The van der Waals surface area contributed by atoms with Crippen LogP contribution in [0, 0.1) is 5.82 Å². The van der Waals surface area contributed by atoms with Gasteiger partial charge in [0.2, 0.25) is 10.0 Å². The number of nitrogens with one attached hydrogen (secondary N) is 1. The molecule has 1 N–H and O–H groups in total. The zero-order valence-electron chi connectivity index (χ0n) is 14.8. The molecule has 0 bridgehead atoms. The number of hydrogen-bond donors (Lipinski definition) is 1. The van der Waals surface area contributed by atoms with Crippen molar-refractivity contribution in [2.45, 2.75) is 6.54 Å². The Balaban J connectivity index is 1.61. The summed E-state index contributed by atoms with van der Waals surface area (Å²) in [6, 6.07) is 16.0. The first-order valence-electron chi connectivity index (χ1n) is 8.48. The maximum absolute atomic E-state index is 13.0. The monoisotopic (exact) mass is 399 g/mol. The lowest BCUT2D eigenvalue weighted by Crippen LogP contribution is -2.29. The van der Waals surface area contributed by atoms with Crippen LogP contribution in [-0.4, -0.2) is 24.5 Å². The van der Waals surface area contributed by atoms with Crippen LogP contribution in [0.4, 0.5) is 4.39 Å². The minimum Gasteiger partial charge on any atom is -0.298 e. The van der Waals surface area contributed by atoms with E-state index in [1.807, 2.05) is 18.2 Å². The van der Waals surface area contributed by atoms with E-state index in [4.69, 9.17) is 0 Å². The average molecular weight is 399 g/mol. The van der Waals surface area contributed by atoms with E-state index in [1.54, 1.807) is 12.1 Å². The van der Waals surface area contributed by atoms with Gasteiger partial charge in [0.25, 0.3) is 5.56 Å². The third-order valence-corrected chi connectivity index (χ3v) is 5.02. The summed E-state index contributed by atoms with van der Waals surface area (Å²) in [5.41, 5.74) is 1.49. The standard InChI is InChI=1S/C20H18FN3O3S/c21-18-8-6-17(7-9-18)19-14-20(25)24(15-22-19)12-11-23-28(26,27)13-10-16-4-2-1-3-5-16/h1-10,13-15,23H,11-12H2/b13-10+. The number of aromatic nitrogens is 2. The molecule has 144 valence electrons. The van der Waals surface area contributed by atoms with Crippen molar-refractivity contribution in [1.82, 2.24) is 14.3 Å². The lowest BCUT2D eigenvalue weighted by molar-refractivity contribution is 0.577. The number of halogens is 1. The number of rotatable bonds is 7. The molecule has 3 aromatic rings. The fourth-order valence-corrected chi connectivity index (χ4v) is 3.27. The summed E-state index contributed by atoms with van der Waals surface area (Å²) in [4.78, 5) is 16.4. The van der Waals surface area contributed by atoms with Crippen molar-refractivity contribution in [3.05, 3.63) is 94.1 Å². The molecule has 0 radical (unpaired) electrons. The second-order valence-electron chi connectivity index (χ2n) is 5.97. The fraction of sp³-hybridized carbons (Fsp3) is 0.100. The smallest absolute Gasteiger partial charge is 0.253 e. The lowest BCUT2D eigenvalue weighted by atomic mass is 10.1. The van der Waals surface area contributed by atoms with Crippen molar-refractivity contribution in [2.24, 2.45) is 0 Å². The zero-order valence-corrected chi connectivity index (χ0v) is 15.6. The van der Waals surface area contributed by atoms with E-state index in [9.17, 15) is 17.6 Å². The fourth-order valence-electron chi connectivity index (χ4n) is 2.46. The lowest BCUT2D eigenvalue weighted by Gasteiger charge is -2.07. The molecule has 0 saturated heterocycles. The van der Waals surface area contributed by atoms with Crippen LogP contribution in [0.5, 0.6) is 0 Å². The molecule has 0 fully saturated rings. The third-order valence-electron chi connectivity index (χ3n) is 3.91. The summed E-state index contributed by atoms with van der Waals surface area (Å²) in [6.45, 7) is 0.173. The van der Waals surface area contributed by atoms with Gasteiger partial charge in [-0.25, -0.2) is 22.5 Å². The summed E-state index contributed by atoms with van der Waals surface area (Å²) < 4.78 is 40.7. The number of sulfonamides is 1. The van der Waals surface area contributed by atoms with E-state index >= 15 is 0 Å². The molecule has 3 rings (SSSR count). The van der Waals surface area contributed by atoms with Gasteiger partial charge in [0.15, 0.2) is 0 Å². The Morgan fingerprint density at radius 3 is 2.46 bits per heavy atom. The first kappa shape index (κ1) is 19.7. The molecule has 2 aromatic carbocycles. The molecule has 0 spiro atoms. The Bertz CT molecular complexity index is 1130. The Labute approximate surface area is 162 Å². The maximum Gasteiger partial charge on any atom is 0.253 e. The maximum atomic E-state index is 13.0. The minimum absolute atomic E-state index is 0.0406. The Morgan fingerprint density at radius 2 is 1.79 bits per heavy atom. The van der Waals surface area contributed by atoms with Gasteiger partial charge >= 0.3 is 0 Å². The van der Waals surface area contributed by atoms with Crippen LogP contribution in [-0.2, 0) is 16.6 Å². The second kappa shape index (κ2) is 8.73. The molecule has 8 heteroatoms. The molecule has 1 aromatic heterocycles. The van der Waals surface area contributed by atoms with Crippen molar-refractivity contribution in [3.63, 3.8) is 0 Å². The minimum atomic E-state index is -3.62. The molecule has 6 nitrogen and oxygen atoms in total. The summed E-state index contributed by atoms with van der Waals surface area (Å²) in [5.74, 6) is -0.370. The van der Waals surface area contributed by atoms with Crippen molar-refractivity contribution in [3.8, 4) is 11.3 Å². The Morgan fingerprint density at radius 1 is 1.07 bits per heavy atom. The zero-order chi connectivity index (χ0) is 20.0. The number of benzene rings is 2. The Kier molecular flexibility index (Phi) is 6.13. The van der Waals surface area contributed by atoms with Crippen LogP contribution in [0.15, 0.2) is 77.2 Å². The molecule has 0 amide bonds. The van der Waals surface area contributed by atoms with Gasteiger partial charge in [0.1, 0.15) is 5.82 Å². The van der Waals surface area contributed by atoms with Crippen LogP contribution < -0.4 is 10.3 Å². The molecule has 0 atom stereocenters. The van der Waals surface area contributed by atoms with Crippen molar-refractivity contribution >= 4 is 16.1 Å². The summed E-state index contributed by atoms with van der Waals surface area (Å²) in [6.07, 6.45) is 2.84. The molecule has 0 aliphatic carbocycles. The van der Waals surface area contributed by atoms with Crippen LogP contribution >= 0.6 is 0 Å². The first-order chi connectivity index (χ1) is 13.4.